The smallest absolute Gasteiger partial charge is 0.331 e. The molecule has 4 heteroatoms. The Morgan fingerprint density at radius 1 is 1.21 bits per heavy atom. The van der Waals surface area contributed by atoms with Gasteiger partial charge in [-0.2, -0.15) is 0 Å². The fraction of sp³-hybridized carbons (Fsp3) is 0.400. The zero-order chi connectivity index (χ0) is 10.1. The van der Waals surface area contributed by atoms with Gasteiger partial charge in [0.1, 0.15) is 18.3 Å². The number of fused-ring (bicyclic) bond motifs is 1. The lowest BCUT2D eigenvalue weighted by atomic mass is 10.2. The number of carbonyl (C=O) groups is 2. The molecule has 0 saturated carbocycles. The molecule has 0 aromatic heterocycles. The summed E-state index contributed by atoms with van der Waals surface area (Å²) in [4.78, 5) is 22.1. The van der Waals surface area contributed by atoms with Gasteiger partial charge in [0.2, 0.25) is 0 Å². The van der Waals surface area contributed by atoms with E-state index in [0.29, 0.717) is 0 Å². The second kappa shape index (κ2) is 3.38. The predicted molar refractivity (Wildman–Crippen MR) is 47.5 cm³/mol. The van der Waals surface area contributed by atoms with Gasteiger partial charge < -0.3 is 9.47 Å². The largest absolute Gasteiger partial charge is 0.457 e. The third-order valence-corrected chi connectivity index (χ3v) is 2.16. The van der Waals surface area contributed by atoms with E-state index in [9.17, 15) is 9.59 Å². The van der Waals surface area contributed by atoms with Crippen molar-refractivity contribution in [2.75, 3.05) is 0 Å². The number of carbonyl (C=O) groups excluding carboxylic acids is 2. The van der Waals surface area contributed by atoms with Crippen LogP contribution in [0, 0.1) is 0 Å². The maximum absolute atomic E-state index is 11.1. The first-order valence-corrected chi connectivity index (χ1v) is 4.43. The van der Waals surface area contributed by atoms with Crippen LogP contribution in [-0.2, 0) is 19.1 Å². The number of esters is 1. The topological polar surface area (TPSA) is 55.9 Å². The van der Waals surface area contributed by atoms with Crippen LogP contribution in [0.25, 0.3) is 0 Å². The van der Waals surface area contributed by atoms with Crippen LogP contribution in [-0.4, -0.2) is 30.1 Å². The number of rotatable bonds is 0. The van der Waals surface area contributed by atoms with E-state index in [1.807, 2.05) is 0 Å². The van der Waals surface area contributed by atoms with Gasteiger partial charge in [-0.25, -0.2) is 4.79 Å². The number of hydrogen-bond donors (Lipinski definition) is 0. The Kier molecular flexibility index (Phi) is 2.21. The van der Waals surface area contributed by atoms with E-state index in [1.165, 1.54) is 12.2 Å². The highest BCUT2D eigenvalue weighted by atomic mass is 16.6. The molecule has 0 radical (unpaired) electrons. The fourth-order valence-corrected chi connectivity index (χ4v) is 1.35. The molecule has 3 atom stereocenters. The maximum atomic E-state index is 11.1. The van der Waals surface area contributed by atoms with Crippen LogP contribution in [0.5, 0.6) is 0 Å². The van der Waals surface area contributed by atoms with Crippen LogP contribution in [0.15, 0.2) is 24.3 Å². The lowest BCUT2D eigenvalue weighted by Crippen LogP contribution is -2.21. The fourth-order valence-electron chi connectivity index (χ4n) is 1.35. The van der Waals surface area contributed by atoms with Crippen molar-refractivity contribution in [3.63, 3.8) is 0 Å². The van der Waals surface area contributed by atoms with Crippen LogP contribution < -0.4 is 0 Å². The Morgan fingerprint density at radius 2 is 2.00 bits per heavy atom. The van der Waals surface area contributed by atoms with Crippen molar-refractivity contribution in [3.8, 4) is 0 Å². The zero-order valence-corrected chi connectivity index (χ0v) is 7.67. The van der Waals surface area contributed by atoms with E-state index in [2.05, 4.69) is 0 Å². The lowest BCUT2D eigenvalue weighted by Gasteiger charge is -2.08. The molecule has 2 aliphatic heterocycles. The van der Waals surface area contributed by atoms with Crippen molar-refractivity contribution in [1.29, 1.82) is 0 Å². The van der Waals surface area contributed by atoms with Crippen molar-refractivity contribution < 1.29 is 19.1 Å². The van der Waals surface area contributed by atoms with Gasteiger partial charge in [0.15, 0.2) is 5.78 Å². The van der Waals surface area contributed by atoms with Crippen molar-refractivity contribution in [2.45, 2.75) is 25.2 Å². The molecule has 1 saturated heterocycles. The molecule has 2 heterocycles. The molecule has 0 aromatic carbocycles. The van der Waals surface area contributed by atoms with Gasteiger partial charge in [-0.3, -0.25) is 4.79 Å². The number of ketones is 1. The predicted octanol–water partition coefficient (Wildman–Crippen LogP) is 0.381. The summed E-state index contributed by atoms with van der Waals surface area (Å²) in [6.07, 6.45) is 4.96. The van der Waals surface area contributed by atoms with Crippen molar-refractivity contribution in [3.05, 3.63) is 24.3 Å². The molecule has 0 aliphatic carbocycles. The summed E-state index contributed by atoms with van der Waals surface area (Å²) in [5.41, 5.74) is 0. The molecule has 0 unspecified atom stereocenters. The minimum atomic E-state index is -0.504. The molecule has 0 spiro atoms. The van der Waals surface area contributed by atoms with Crippen LogP contribution in [0.1, 0.15) is 6.92 Å². The summed E-state index contributed by atoms with van der Waals surface area (Å²) in [6.45, 7) is 1.77. The van der Waals surface area contributed by atoms with Gasteiger partial charge in [-0.15, -0.1) is 0 Å². The Balaban J connectivity index is 2.15. The average Bonchev–Trinajstić information content (AvgIpc) is 2.89. The minimum absolute atomic E-state index is 0.0896. The van der Waals surface area contributed by atoms with Crippen LogP contribution in [0.2, 0.25) is 0 Å². The van der Waals surface area contributed by atoms with E-state index in [4.69, 9.17) is 9.47 Å². The van der Waals surface area contributed by atoms with Gasteiger partial charge in [0.25, 0.3) is 0 Å². The summed E-state index contributed by atoms with van der Waals surface area (Å²) in [5.74, 6) is -0.735. The molecule has 2 aliphatic rings. The molecule has 14 heavy (non-hydrogen) atoms. The summed E-state index contributed by atoms with van der Waals surface area (Å²) in [5, 5.41) is 0. The quantitative estimate of drug-likeness (QED) is 0.413. The van der Waals surface area contributed by atoms with Crippen molar-refractivity contribution in [2.24, 2.45) is 0 Å². The highest BCUT2D eigenvalue weighted by Gasteiger charge is 2.43. The number of hydrogen-bond acceptors (Lipinski definition) is 4. The summed E-state index contributed by atoms with van der Waals surface area (Å²) < 4.78 is 10.2. The first kappa shape index (κ1) is 9.15. The molecule has 74 valence electrons. The minimum Gasteiger partial charge on any atom is -0.457 e. The Labute approximate surface area is 81.2 Å². The molecule has 0 amide bonds. The number of ether oxygens (including phenoxy) is 2. The third kappa shape index (κ3) is 1.90. The highest BCUT2D eigenvalue weighted by Crippen LogP contribution is 2.28. The van der Waals surface area contributed by atoms with E-state index in [1.54, 1.807) is 13.0 Å². The van der Waals surface area contributed by atoms with E-state index >= 15 is 0 Å². The maximum Gasteiger partial charge on any atom is 0.331 e. The molecule has 1 fully saturated rings. The number of cyclic esters (lactones) is 1. The number of allylic oxidation sites excluding steroid dienone is 2. The molecular weight excluding hydrogens is 184 g/mol. The summed E-state index contributed by atoms with van der Waals surface area (Å²) in [6, 6.07) is 0. The Morgan fingerprint density at radius 3 is 2.79 bits per heavy atom. The Hall–Kier alpha value is -1.42. The molecule has 0 N–H and O–H groups in total. The van der Waals surface area contributed by atoms with Crippen LogP contribution >= 0.6 is 0 Å². The highest BCUT2D eigenvalue weighted by molar-refractivity contribution is 6.02. The van der Waals surface area contributed by atoms with E-state index in [-0.39, 0.29) is 24.1 Å². The molecule has 2 rings (SSSR count). The molecule has 4 nitrogen and oxygen atoms in total. The van der Waals surface area contributed by atoms with Crippen LogP contribution in [0.3, 0.4) is 0 Å². The van der Waals surface area contributed by atoms with E-state index < -0.39 is 5.97 Å². The Bertz CT molecular complexity index is 329. The number of epoxide rings is 1. The standard InChI is InChI=1S/C10H10O4/c1-6-10-8(14-10)4-2-7(11)3-5-9(12)13-6/h2-6,8,10H,1H3/b4-2+,5-3-/t6-,8+,10+/m1/s1. The molecule has 0 aromatic rings. The van der Waals surface area contributed by atoms with Gasteiger partial charge in [0, 0.05) is 6.08 Å². The lowest BCUT2D eigenvalue weighted by molar-refractivity contribution is -0.143. The molecule has 0 bridgehead atoms. The molecular formula is C10H10O4. The second-order valence-corrected chi connectivity index (χ2v) is 3.30. The van der Waals surface area contributed by atoms with Crippen LogP contribution in [0.4, 0.5) is 0 Å². The second-order valence-electron chi connectivity index (χ2n) is 3.30. The van der Waals surface area contributed by atoms with Gasteiger partial charge in [0.05, 0.1) is 0 Å². The zero-order valence-electron chi connectivity index (χ0n) is 7.67. The van der Waals surface area contributed by atoms with Gasteiger partial charge in [-0.05, 0) is 25.2 Å². The van der Waals surface area contributed by atoms with Crippen molar-refractivity contribution >= 4 is 11.8 Å². The normalized spacial score (nSPS) is 40.8. The van der Waals surface area contributed by atoms with Gasteiger partial charge in [-0.1, -0.05) is 0 Å². The first-order valence-electron chi connectivity index (χ1n) is 4.43. The average molecular weight is 194 g/mol. The van der Waals surface area contributed by atoms with Gasteiger partial charge >= 0.3 is 5.97 Å². The van der Waals surface area contributed by atoms with Crippen molar-refractivity contribution in [1.82, 2.24) is 0 Å². The SMILES string of the molecule is C[C@H]1OC(=O)/C=C\C(=O)/C=C/[C@@H]2O[C@H]21. The van der Waals surface area contributed by atoms with E-state index in [0.717, 1.165) is 6.08 Å². The summed E-state index contributed by atoms with van der Waals surface area (Å²) in [7, 11) is 0. The summed E-state index contributed by atoms with van der Waals surface area (Å²) >= 11 is 0. The first-order chi connectivity index (χ1) is 6.66. The monoisotopic (exact) mass is 194 g/mol. The third-order valence-electron chi connectivity index (χ3n) is 2.16.